The van der Waals surface area contributed by atoms with Gasteiger partial charge in [0.05, 0.1) is 16.1 Å². The van der Waals surface area contributed by atoms with Crippen molar-refractivity contribution in [3.05, 3.63) is 34.1 Å². The van der Waals surface area contributed by atoms with Crippen LogP contribution in [0.2, 0.25) is 0 Å². The van der Waals surface area contributed by atoms with E-state index in [1.54, 1.807) is 6.07 Å². The molecule has 0 aliphatic carbocycles. The highest BCUT2D eigenvalue weighted by atomic mass is 79.9. The van der Waals surface area contributed by atoms with Crippen LogP contribution in [0, 0.1) is 17.1 Å². The minimum atomic E-state index is -0.939. The highest BCUT2D eigenvalue weighted by Crippen LogP contribution is 2.20. The molecule has 0 saturated carbocycles. The third kappa shape index (κ3) is 2.88. The molecule has 18 heavy (non-hydrogen) atoms. The molecule has 0 aliphatic heterocycles. The number of halogens is 2. The first kappa shape index (κ1) is 14.7. The standard InChI is InChI=1S/C13H14BrFN2O/c1-3-13(4-2,8-16)17-12(18)9-6-5-7-10(14)11(9)15/h5-7H,3-4H2,1-2H3,(H,17,18). The van der Waals surface area contributed by atoms with Crippen LogP contribution in [0.15, 0.2) is 22.7 Å². The van der Waals surface area contributed by atoms with E-state index in [1.807, 2.05) is 13.8 Å². The third-order valence-electron chi connectivity index (χ3n) is 2.97. The maximum atomic E-state index is 13.7. The Hall–Kier alpha value is -1.41. The summed E-state index contributed by atoms with van der Waals surface area (Å²) in [7, 11) is 0. The van der Waals surface area contributed by atoms with Gasteiger partial charge < -0.3 is 5.32 Å². The Morgan fingerprint density at radius 1 is 1.50 bits per heavy atom. The normalized spacial score (nSPS) is 10.8. The number of carbonyl (C=O) groups excluding carboxylic acids is 1. The van der Waals surface area contributed by atoms with Crippen LogP contribution >= 0.6 is 15.9 Å². The highest BCUT2D eigenvalue weighted by molar-refractivity contribution is 9.10. The van der Waals surface area contributed by atoms with Gasteiger partial charge in [0.15, 0.2) is 0 Å². The van der Waals surface area contributed by atoms with E-state index >= 15 is 0 Å². The van der Waals surface area contributed by atoms with Gasteiger partial charge in [-0.15, -0.1) is 0 Å². The van der Waals surface area contributed by atoms with E-state index in [0.29, 0.717) is 12.8 Å². The summed E-state index contributed by atoms with van der Waals surface area (Å²) in [6.07, 6.45) is 0.947. The largest absolute Gasteiger partial charge is 0.334 e. The van der Waals surface area contributed by atoms with Crippen molar-refractivity contribution in [2.75, 3.05) is 0 Å². The zero-order valence-corrected chi connectivity index (χ0v) is 11.8. The smallest absolute Gasteiger partial charge is 0.255 e. The minimum Gasteiger partial charge on any atom is -0.334 e. The number of nitriles is 1. The van der Waals surface area contributed by atoms with Crippen molar-refractivity contribution in [3.63, 3.8) is 0 Å². The van der Waals surface area contributed by atoms with Crippen molar-refractivity contribution in [2.24, 2.45) is 0 Å². The average molecular weight is 313 g/mol. The fourth-order valence-electron chi connectivity index (χ4n) is 1.58. The molecule has 1 N–H and O–H groups in total. The number of nitrogens with zero attached hydrogens (tertiary/aromatic N) is 1. The number of hydrogen-bond donors (Lipinski definition) is 1. The molecule has 0 spiro atoms. The molecule has 1 aromatic carbocycles. The molecule has 1 amide bonds. The topological polar surface area (TPSA) is 52.9 Å². The van der Waals surface area contributed by atoms with Crippen LogP contribution in [-0.2, 0) is 0 Å². The van der Waals surface area contributed by atoms with E-state index in [-0.39, 0.29) is 10.0 Å². The molecule has 3 nitrogen and oxygen atoms in total. The first-order valence-corrected chi connectivity index (χ1v) is 6.46. The second-order valence-corrected chi connectivity index (χ2v) is 4.81. The second kappa shape index (κ2) is 5.96. The second-order valence-electron chi connectivity index (χ2n) is 3.96. The van der Waals surface area contributed by atoms with Crippen molar-refractivity contribution in [1.29, 1.82) is 5.26 Å². The molecular weight excluding hydrogens is 299 g/mol. The lowest BCUT2D eigenvalue weighted by atomic mass is 9.94. The van der Waals surface area contributed by atoms with Gasteiger partial charge >= 0.3 is 0 Å². The van der Waals surface area contributed by atoms with Crippen molar-refractivity contribution in [1.82, 2.24) is 5.32 Å². The number of nitrogens with one attached hydrogen (secondary N) is 1. The molecular formula is C13H14BrFN2O. The maximum Gasteiger partial charge on any atom is 0.255 e. The van der Waals surface area contributed by atoms with Crippen molar-refractivity contribution in [2.45, 2.75) is 32.2 Å². The number of benzene rings is 1. The summed E-state index contributed by atoms with van der Waals surface area (Å²) in [5.74, 6) is -1.19. The summed E-state index contributed by atoms with van der Waals surface area (Å²) in [6.45, 7) is 3.62. The Kier molecular flexibility index (Phi) is 4.85. The van der Waals surface area contributed by atoms with Gasteiger partial charge in [0.25, 0.3) is 5.91 Å². The third-order valence-corrected chi connectivity index (χ3v) is 3.58. The van der Waals surface area contributed by atoms with Crippen molar-refractivity contribution >= 4 is 21.8 Å². The summed E-state index contributed by atoms with van der Waals surface area (Å²) in [6, 6.07) is 6.57. The predicted octanol–water partition coefficient (Wildman–Crippen LogP) is 3.40. The van der Waals surface area contributed by atoms with Gasteiger partial charge in [-0.3, -0.25) is 4.79 Å². The monoisotopic (exact) mass is 312 g/mol. The number of amides is 1. The lowest BCUT2D eigenvalue weighted by Gasteiger charge is -2.25. The molecule has 0 aliphatic rings. The SMILES string of the molecule is CCC(C#N)(CC)NC(=O)c1cccc(Br)c1F. The molecule has 0 unspecified atom stereocenters. The minimum absolute atomic E-state index is 0.0640. The Bertz CT molecular complexity index is 492. The Morgan fingerprint density at radius 3 is 2.61 bits per heavy atom. The molecule has 0 radical (unpaired) electrons. The van der Waals surface area contributed by atoms with Crippen LogP contribution in [0.5, 0.6) is 0 Å². The van der Waals surface area contributed by atoms with E-state index in [4.69, 9.17) is 5.26 Å². The molecule has 96 valence electrons. The molecule has 5 heteroatoms. The molecule has 0 heterocycles. The number of rotatable bonds is 4. The van der Waals surface area contributed by atoms with E-state index < -0.39 is 17.3 Å². The highest BCUT2D eigenvalue weighted by Gasteiger charge is 2.29. The van der Waals surface area contributed by atoms with Gasteiger partial charge in [0, 0.05) is 0 Å². The first-order chi connectivity index (χ1) is 8.49. The predicted molar refractivity (Wildman–Crippen MR) is 70.5 cm³/mol. The van der Waals surface area contributed by atoms with Gasteiger partial charge in [0.2, 0.25) is 0 Å². The molecule has 0 saturated heterocycles. The first-order valence-electron chi connectivity index (χ1n) is 5.67. The Balaban J connectivity index is 3.03. The van der Waals surface area contributed by atoms with E-state index in [0.717, 1.165) is 0 Å². The van der Waals surface area contributed by atoms with Crippen LogP contribution in [0.25, 0.3) is 0 Å². The van der Waals surface area contributed by atoms with Gasteiger partial charge in [0.1, 0.15) is 11.4 Å². The van der Waals surface area contributed by atoms with Crippen molar-refractivity contribution in [3.8, 4) is 6.07 Å². The lowest BCUT2D eigenvalue weighted by molar-refractivity contribution is 0.0911. The van der Waals surface area contributed by atoms with Gasteiger partial charge in [-0.05, 0) is 40.9 Å². The quantitative estimate of drug-likeness (QED) is 0.926. The van der Waals surface area contributed by atoms with E-state index in [9.17, 15) is 9.18 Å². The van der Waals surface area contributed by atoms with Crippen molar-refractivity contribution < 1.29 is 9.18 Å². The average Bonchev–Trinajstić information content (AvgIpc) is 2.39. The van der Waals surface area contributed by atoms with Crippen LogP contribution < -0.4 is 5.32 Å². The summed E-state index contributed by atoms with van der Waals surface area (Å²) >= 11 is 3.03. The summed E-state index contributed by atoms with van der Waals surface area (Å²) in [5.41, 5.74) is -1.00. The zero-order valence-electron chi connectivity index (χ0n) is 10.3. The maximum absolute atomic E-state index is 13.7. The summed E-state index contributed by atoms with van der Waals surface area (Å²) < 4.78 is 14.0. The molecule has 0 fully saturated rings. The molecule has 0 atom stereocenters. The lowest BCUT2D eigenvalue weighted by Crippen LogP contribution is -2.46. The molecule has 0 aromatic heterocycles. The Labute approximate surface area is 114 Å². The fraction of sp³-hybridized carbons (Fsp3) is 0.385. The van der Waals surface area contributed by atoms with Gasteiger partial charge in [-0.25, -0.2) is 4.39 Å². The van der Waals surface area contributed by atoms with Gasteiger partial charge in [-0.2, -0.15) is 5.26 Å². The van der Waals surface area contributed by atoms with Crippen LogP contribution in [0.3, 0.4) is 0 Å². The number of carbonyl (C=O) groups is 1. The van der Waals surface area contributed by atoms with E-state index in [1.165, 1.54) is 12.1 Å². The fourth-order valence-corrected chi connectivity index (χ4v) is 1.94. The number of hydrogen-bond acceptors (Lipinski definition) is 2. The summed E-state index contributed by atoms with van der Waals surface area (Å²) in [5, 5.41) is 11.7. The van der Waals surface area contributed by atoms with Crippen LogP contribution in [0.4, 0.5) is 4.39 Å². The van der Waals surface area contributed by atoms with E-state index in [2.05, 4.69) is 27.3 Å². The van der Waals surface area contributed by atoms with Gasteiger partial charge in [-0.1, -0.05) is 19.9 Å². The zero-order chi connectivity index (χ0) is 13.8. The van der Waals surface area contributed by atoms with Crippen LogP contribution in [-0.4, -0.2) is 11.4 Å². The van der Waals surface area contributed by atoms with Crippen LogP contribution in [0.1, 0.15) is 37.0 Å². The Morgan fingerprint density at radius 2 is 2.11 bits per heavy atom. The molecule has 1 rings (SSSR count). The molecule has 0 bridgehead atoms. The molecule has 1 aromatic rings. The summed E-state index contributed by atoms with van der Waals surface area (Å²) in [4.78, 5) is 12.0.